The minimum atomic E-state index is -0.962. The van der Waals surface area contributed by atoms with Crippen LogP contribution in [0.3, 0.4) is 0 Å². The monoisotopic (exact) mass is 224 g/mol. The molecule has 2 aromatic heterocycles. The highest BCUT2D eigenvalue weighted by Gasteiger charge is 2.12. The molecular weight excluding hydrogens is 216 g/mol. The lowest BCUT2D eigenvalue weighted by Gasteiger charge is -2.04. The third-order valence-electron chi connectivity index (χ3n) is 2.71. The van der Waals surface area contributed by atoms with Crippen LogP contribution < -0.4 is 0 Å². The summed E-state index contributed by atoms with van der Waals surface area (Å²) in [5.74, 6) is -0.962. The lowest BCUT2D eigenvalue weighted by Crippen LogP contribution is -1.99. The molecule has 17 heavy (non-hydrogen) atoms. The van der Waals surface area contributed by atoms with E-state index in [2.05, 4.69) is 9.97 Å². The third kappa shape index (κ3) is 1.42. The Labute approximate surface area is 96.6 Å². The second-order valence-corrected chi connectivity index (χ2v) is 3.70. The normalized spacial score (nSPS) is 10.8. The minimum absolute atomic E-state index is 0.235. The molecule has 4 nitrogen and oxygen atoms in total. The smallest absolute Gasteiger partial charge is 0.336 e. The van der Waals surface area contributed by atoms with Crippen molar-refractivity contribution in [2.45, 2.75) is 0 Å². The second kappa shape index (κ2) is 3.52. The Morgan fingerprint density at radius 1 is 1.06 bits per heavy atom. The maximum Gasteiger partial charge on any atom is 0.336 e. The number of aromatic carboxylic acids is 1. The van der Waals surface area contributed by atoms with Gasteiger partial charge in [-0.05, 0) is 18.2 Å². The van der Waals surface area contributed by atoms with Crippen LogP contribution in [-0.2, 0) is 0 Å². The molecule has 0 atom stereocenters. The average Bonchev–Trinajstić information content (AvgIpc) is 2.37. The highest BCUT2D eigenvalue weighted by Crippen LogP contribution is 2.25. The molecule has 0 fully saturated rings. The maximum absolute atomic E-state index is 11.2. The molecule has 2 heterocycles. The molecule has 0 aliphatic rings. The van der Waals surface area contributed by atoms with E-state index in [-0.39, 0.29) is 5.56 Å². The number of benzene rings is 1. The Balaban J connectivity index is 2.59. The number of nitrogens with zero attached hydrogens (tertiary/aromatic N) is 2. The number of aromatic nitrogens is 2. The Hall–Kier alpha value is -2.49. The summed E-state index contributed by atoms with van der Waals surface area (Å²) in [5.41, 5.74) is 1.56. The fraction of sp³-hybridized carbons (Fsp3) is 0. The molecule has 0 unspecified atom stereocenters. The predicted molar refractivity (Wildman–Crippen MR) is 64.0 cm³/mol. The Morgan fingerprint density at radius 2 is 1.94 bits per heavy atom. The molecule has 1 N–H and O–H groups in total. The molecule has 0 radical (unpaired) electrons. The van der Waals surface area contributed by atoms with Gasteiger partial charge in [0.05, 0.1) is 16.6 Å². The van der Waals surface area contributed by atoms with Gasteiger partial charge in [-0.1, -0.05) is 12.1 Å². The largest absolute Gasteiger partial charge is 0.478 e. The van der Waals surface area contributed by atoms with Crippen molar-refractivity contribution >= 4 is 27.8 Å². The van der Waals surface area contributed by atoms with E-state index in [9.17, 15) is 9.90 Å². The first-order valence-electron chi connectivity index (χ1n) is 5.13. The minimum Gasteiger partial charge on any atom is -0.478 e. The SMILES string of the molecule is O=C(O)c1ccnc2ccc3cccnc3c12. The molecule has 3 rings (SSSR count). The van der Waals surface area contributed by atoms with Crippen molar-refractivity contribution in [1.82, 2.24) is 9.97 Å². The van der Waals surface area contributed by atoms with E-state index in [4.69, 9.17) is 0 Å². The molecular formula is C13H8N2O2. The zero-order valence-electron chi connectivity index (χ0n) is 8.79. The summed E-state index contributed by atoms with van der Waals surface area (Å²) in [6.45, 7) is 0. The molecule has 0 saturated carbocycles. The summed E-state index contributed by atoms with van der Waals surface area (Å²) in [6, 6.07) is 8.93. The summed E-state index contributed by atoms with van der Waals surface area (Å²) >= 11 is 0. The summed E-state index contributed by atoms with van der Waals surface area (Å²) in [4.78, 5) is 19.6. The lowest BCUT2D eigenvalue weighted by atomic mass is 10.1. The van der Waals surface area contributed by atoms with Crippen LogP contribution in [0.2, 0.25) is 0 Å². The number of fused-ring (bicyclic) bond motifs is 3. The van der Waals surface area contributed by atoms with E-state index in [1.54, 1.807) is 6.20 Å². The van der Waals surface area contributed by atoms with Crippen molar-refractivity contribution < 1.29 is 9.90 Å². The van der Waals surface area contributed by atoms with Gasteiger partial charge in [0.25, 0.3) is 0 Å². The summed E-state index contributed by atoms with van der Waals surface area (Å²) in [7, 11) is 0. The van der Waals surface area contributed by atoms with Crippen LogP contribution in [-0.4, -0.2) is 21.0 Å². The Morgan fingerprint density at radius 3 is 2.76 bits per heavy atom. The molecule has 0 bridgehead atoms. The van der Waals surface area contributed by atoms with Crippen LogP contribution in [0.25, 0.3) is 21.8 Å². The first kappa shape index (κ1) is 9.72. The van der Waals surface area contributed by atoms with Crippen LogP contribution in [0.4, 0.5) is 0 Å². The molecule has 0 aliphatic carbocycles. The molecule has 3 aromatic rings. The zero-order valence-corrected chi connectivity index (χ0v) is 8.79. The number of rotatable bonds is 1. The first-order valence-corrected chi connectivity index (χ1v) is 5.13. The number of pyridine rings is 2. The van der Waals surface area contributed by atoms with Gasteiger partial charge in [-0.25, -0.2) is 4.79 Å². The molecule has 0 aliphatic heterocycles. The average molecular weight is 224 g/mol. The topological polar surface area (TPSA) is 63.1 Å². The van der Waals surface area contributed by atoms with E-state index in [1.165, 1.54) is 12.3 Å². The van der Waals surface area contributed by atoms with Crippen molar-refractivity contribution in [3.63, 3.8) is 0 Å². The van der Waals surface area contributed by atoms with Crippen molar-refractivity contribution in [1.29, 1.82) is 0 Å². The van der Waals surface area contributed by atoms with Crippen LogP contribution >= 0.6 is 0 Å². The number of hydrogen-bond acceptors (Lipinski definition) is 3. The van der Waals surface area contributed by atoms with Gasteiger partial charge in [0.2, 0.25) is 0 Å². The van der Waals surface area contributed by atoms with Gasteiger partial charge in [0.1, 0.15) is 0 Å². The highest BCUT2D eigenvalue weighted by molar-refractivity contribution is 6.13. The molecule has 82 valence electrons. The molecule has 4 heteroatoms. The fourth-order valence-corrected chi connectivity index (χ4v) is 1.96. The van der Waals surface area contributed by atoms with Crippen LogP contribution in [0.15, 0.2) is 42.7 Å². The van der Waals surface area contributed by atoms with Crippen molar-refractivity contribution in [2.24, 2.45) is 0 Å². The predicted octanol–water partition coefficient (Wildman–Crippen LogP) is 2.48. The number of carboxylic acid groups (broad SMARTS) is 1. The quantitative estimate of drug-likeness (QED) is 0.645. The summed E-state index contributed by atoms with van der Waals surface area (Å²) < 4.78 is 0. The number of hydrogen-bond donors (Lipinski definition) is 1. The summed E-state index contributed by atoms with van der Waals surface area (Å²) in [6.07, 6.45) is 3.15. The molecule has 0 saturated heterocycles. The second-order valence-electron chi connectivity index (χ2n) is 3.70. The highest BCUT2D eigenvalue weighted by atomic mass is 16.4. The van der Waals surface area contributed by atoms with Gasteiger partial charge in [0.15, 0.2) is 0 Å². The van der Waals surface area contributed by atoms with Gasteiger partial charge in [0, 0.05) is 23.2 Å². The van der Waals surface area contributed by atoms with E-state index >= 15 is 0 Å². The van der Waals surface area contributed by atoms with Crippen LogP contribution in [0.1, 0.15) is 10.4 Å². The standard InChI is InChI=1S/C13H8N2O2/c16-13(17)9-5-7-14-10-4-3-8-2-1-6-15-12(8)11(9)10/h1-7H,(H,16,17). The van der Waals surface area contributed by atoms with Crippen LogP contribution in [0.5, 0.6) is 0 Å². The van der Waals surface area contributed by atoms with Gasteiger partial charge < -0.3 is 5.11 Å². The number of carbonyl (C=O) groups is 1. The summed E-state index contributed by atoms with van der Waals surface area (Å²) in [5, 5.41) is 10.7. The molecule has 0 spiro atoms. The van der Waals surface area contributed by atoms with E-state index in [0.717, 1.165) is 5.39 Å². The van der Waals surface area contributed by atoms with Crippen molar-refractivity contribution in [3.8, 4) is 0 Å². The third-order valence-corrected chi connectivity index (χ3v) is 2.71. The Bertz CT molecular complexity index is 738. The van der Waals surface area contributed by atoms with Crippen molar-refractivity contribution in [2.75, 3.05) is 0 Å². The first-order chi connectivity index (χ1) is 8.27. The van der Waals surface area contributed by atoms with E-state index < -0.39 is 5.97 Å². The van der Waals surface area contributed by atoms with Gasteiger partial charge in [-0.3, -0.25) is 9.97 Å². The molecule has 0 amide bonds. The van der Waals surface area contributed by atoms with Gasteiger partial charge in [-0.2, -0.15) is 0 Å². The molecule has 1 aromatic carbocycles. The fourth-order valence-electron chi connectivity index (χ4n) is 1.96. The van der Waals surface area contributed by atoms with Crippen molar-refractivity contribution in [3.05, 3.63) is 48.3 Å². The number of carboxylic acids is 1. The van der Waals surface area contributed by atoms with E-state index in [0.29, 0.717) is 16.4 Å². The van der Waals surface area contributed by atoms with E-state index in [1.807, 2.05) is 24.3 Å². The van der Waals surface area contributed by atoms with Gasteiger partial charge >= 0.3 is 5.97 Å². The van der Waals surface area contributed by atoms with Crippen LogP contribution in [0, 0.1) is 0 Å². The van der Waals surface area contributed by atoms with Gasteiger partial charge in [-0.15, -0.1) is 0 Å². The zero-order chi connectivity index (χ0) is 11.8. The maximum atomic E-state index is 11.2. The lowest BCUT2D eigenvalue weighted by molar-refractivity contribution is 0.0699. The Kier molecular flexibility index (Phi) is 2.01.